The number of aryl methyl sites for hydroxylation is 1. The molecule has 0 spiro atoms. The highest BCUT2D eigenvalue weighted by atomic mass is 19.1. The van der Waals surface area contributed by atoms with Gasteiger partial charge >= 0.3 is 0 Å². The largest absolute Gasteiger partial charge is 0.374 e. The first-order chi connectivity index (χ1) is 8.47. The molecule has 1 aromatic carbocycles. The number of amides is 1. The maximum Gasteiger partial charge on any atom is 0.244 e. The number of halogens is 1. The molecule has 18 heavy (non-hydrogen) atoms. The van der Waals surface area contributed by atoms with Crippen molar-refractivity contribution < 1.29 is 9.18 Å². The molecule has 100 valence electrons. The summed E-state index contributed by atoms with van der Waals surface area (Å²) in [5.74, 6) is -0.262. The molecule has 0 heterocycles. The standard InChI is InChI=1S/C14H21FN2O/c1-5-17(6-2)14(18)11(4)16-13-8-10(3)7-12(15)9-13/h7-9,11,16H,5-6H2,1-4H3. The number of anilines is 1. The van der Waals surface area contributed by atoms with Gasteiger partial charge in [0.05, 0.1) is 0 Å². The van der Waals surface area contributed by atoms with Crippen molar-refractivity contribution in [1.29, 1.82) is 0 Å². The maximum atomic E-state index is 13.2. The van der Waals surface area contributed by atoms with Crippen LogP contribution in [0.4, 0.5) is 10.1 Å². The zero-order chi connectivity index (χ0) is 13.7. The van der Waals surface area contributed by atoms with Crippen LogP contribution in [0.5, 0.6) is 0 Å². The Labute approximate surface area is 108 Å². The smallest absolute Gasteiger partial charge is 0.244 e. The van der Waals surface area contributed by atoms with Crippen LogP contribution in [-0.4, -0.2) is 29.9 Å². The summed E-state index contributed by atoms with van der Waals surface area (Å²) in [7, 11) is 0. The van der Waals surface area contributed by atoms with Gasteiger partial charge in [-0.1, -0.05) is 0 Å². The quantitative estimate of drug-likeness (QED) is 0.874. The molecule has 1 rings (SSSR count). The molecule has 0 radical (unpaired) electrons. The van der Waals surface area contributed by atoms with Crippen molar-refractivity contribution >= 4 is 11.6 Å². The number of likely N-dealkylation sites (N-methyl/N-ethyl adjacent to an activating group) is 1. The highest BCUT2D eigenvalue weighted by Gasteiger charge is 2.17. The zero-order valence-electron chi connectivity index (χ0n) is 11.5. The van der Waals surface area contributed by atoms with Gasteiger partial charge in [0.2, 0.25) is 5.91 Å². The van der Waals surface area contributed by atoms with E-state index in [0.29, 0.717) is 18.8 Å². The lowest BCUT2D eigenvalue weighted by atomic mass is 10.2. The number of carbonyl (C=O) groups excluding carboxylic acids is 1. The molecule has 4 heteroatoms. The molecule has 1 amide bonds. The highest BCUT2D eigenvalue weighted by molar-refractivity contribution is 5.84. The summed E-state index contributed by atoms with van der Waals surface area (Å²) in [6.07, 6.45) is 0. The van der Waals surface area contributed by atoms with Crippen molar-refractivity contribution in [3.63, 3.8) is 0 Å². The highest BCUT2D eigenvalue weighted by Crippen LogP contribution is 2.14. The predicted molar refractivity (Wildman–Crippen MR) is 72.1 cm³/mol. The van der Waals surface area contributed by atoms with Crippen molar-refractivity contribution in [2.45, 2.75) is 33.7 Å². The zero-order valence-corrected chi connectivity index (χ0v) is 11.5. The lowest BCUT2D eigenvalue weighted by Crippen LogP contribution is -2.41. The summed E-state index contributed by atoms with van der Waals surface area (Å²) in [5, 5.41) is 3.04. The second-order valence-corrected chi connectivity index (χ2v) is 4.39. The topological polar surface area (TPSA) is 32.3 Å². The Balaban J connectivity index is 2.74. The number of hydrogen-bond donors (Lipinski definition) is 1. The van der Waals surface area contributed by atoms with Crippen LogP contribution in [0.3, 0.4) is 0 Å². The lowest BCUT2D eigenvalue weighted by molar-refractivity contribution is -0.131. The third-order valence-corrected chi connectivity index (χ3v) is 2.87. The van der Waals surface area contributed by atoms with Crippen LogP contribution < -0.4 is 5.32 Å². The summed E-state index contributed by atoms with van der Waals surface area (Å²) in [5.41, 5.74) is 1.47. The van der Waals surface area contributed by atoms with Crippen molar-refractivity contribution in [2.75, 3.05) is 18.4 Å². The first-order valence-corrected chi connectivity index (χ1v) is 6.30. The monoisotopic (exact) mass is 252 g/mol. The van der Waals surface area contributed by atoms with Gasteiger partial charge in [-0.3, -0.25) is 4.79 Å². The van der Waals surface area contributed by atoms with Gasteiger partial charge in [0.15, 0.2) is 0 Å². The van der Waals surface area contributed by atoms with Gasteiger partial charge in [-0.2, -0.15) is 0 Å². The van der Waals surface area contributed by atoms with E-state index in [0.717, 1.165) is 5.56 Å². The van der Waals surface area contributed by atoms with Crippen LogP contribution in [0.1, 0.15) is 26.3 Å². The Kier molecular flexibility index (Phi) is 5.13. The second kappa shape index (κ2) is 6.38. The summed E-state index contributed by atoms with van der Waals surface area (Å²) in [4.78, 5) is 13.8. The summed E-state index contributed by atoms with van der Waals surface area (Å²) in [6, 6.07) is 4.34. The number of nitrogens with zero attached hydrogens (tertiary/aromatic N) is 1. The van der Waals surface area contributed by atoms with Crippen molar-refractivity contribution in [3.05, 3.63) is 29.6 Å². The summed E-state index contributed by atoms with van der Waals surface area (Å²) < 4.78 is 13.2. The first kappa shape index (κ1) is 14.5. The van der Waals surface area contributed by atoms with Crippen LogP contribution in [0, 0.1) is 12.7 Å². The molecule has 0 aromatic heterocycles. The number of hydrogen-bond acceptors (Lipinski definition) is 2. The van der Waals surface area contributed by atoms with Crippen LogP contribution >= 0.6 is 0 Å². The Morgan fingerprint density at radius 2 is 1.94 bits per heavy atom. The van der Waals surface area contributed by atoms with Crippen LogP contribution in [0.2, 0.25) is 0 Å². The molecule has 1 atom stereocenters. The fourth-order valence-corrected chi connectivity index (χ4v) is 1.94. The first-order valence-electron chi connectivity index (χ1n) is 6.30. The van der Waals surface area contributed by atoms with Gasteiger partial charge in [-0.05, 0) is 51.5 Å². The number of nitrogens with one attached hydrogen (secondary N) is 1. The number of carbonyl (C=O) groups is 1. The average Bonchev–Trinajstić information content (AvgIpc) is 2.28. The Morgan fingerprint density at radius 1 is 1.33 bits per heavy atom. The van der Waals surface area contributed by atoms with Crippen molar-refractivity contribution in [3.8, 4) is 0 Å². The number of rotatable bonds is 5. The minimum absolute atomic E-state index is 0.0296. The molecule has 0 bridgehead atoms. The van der Waals surface area contributed by atoms with Crippen LogP contribution in [-0.2, 0) is 4.79 Å². The van der Waals surface area contributed by atoms with E-state index in [1.807, 2.05) is 26.8 Å². The molecule has 0 aliphatic rings. The molecule has 3 nitrogen and oxygen atoms in total. The van der Waals surface area contributed by atoms with Gasteiger partial charge in [0.1, 0.15) is 11.9 Å². The lowest BCUT2D eigenvalue weighted by Gasteiger charge is -2.24. The van der Waals surface area contributed by atoms with Gasteiger partial charge in [-0.25, -0.2) is 4.39 Å². The predicted octanol–water partition coefficient (Wildman–Crippen LogP) is 2.80. The molecule has 0 saturated heterocycles. The molecular weight excluding hydrogens is 231 g/mol. The van der Waals surface area contributed by atoms with Gasteiger partial charge in [-0.15, -0.1) is 0 Å². The molecule has 0 aliphatic heterocycles. The van der Waals surface area contributed by atoms with Crippen molar-refractivity contribution in [2.24, 2.45) is 0 Å². The molecule has 1 N–H and O–H groups in total. The summed E-state index contributed by atoms with van der Waals surface area (Å²) in [6.45, 7) is 8.88. The van der Waals surface area contributed by atoms with Crippen molar-refractivity contribution in [1.82, 2.24) is 4.90 Å². The maximum absolute atomic E-state index is 13.2. The molecule has 1 aromatic rings. The molecule has 0 saturated carbocycles. The Bertz CT molecular complexity index is 396. The van der Waals surface area contributed by atoms with E-state index in [1.165, 1.54) is 12.1 Å². The fourth-order valence-electron chi connectivity index (χ4n) is 1.94. The van der Waals surface area contributed by atoms with E-state index in [2.05, 4.69) is 5.32 Å². The molecule has 0 aliphatic carbocycles. The minimum Gasteiger partial charge on any atom is -0.374 e. The number of benzene rings is 1. The normalized spacial score (nSPS) is 12.1. The van der Waals surface area contributed by atoms with Crippen LogP contribution in [0.25, 0.3) is 0 Å². The van der Waals surface area contributed by atoms with Gasteiger partial charge < -0.3 is 10.2 Å². The average molecular weight is 252 g/mol. The van der Waals surface area contributed by atoms with E-state index in [1.54, 1.807) is 11.8 Å². The Morgan fingerprint density at radius 3 is 2.44 bits per heavy atom. The summed E-state index contributed by atoms with van der Waals surface area (Å²) >= 11 is 0. The minimum atomic E-state index is -0.355. The third-order valence-electron chi connectivity index (χ3n) is 2.87. The van der Waals surface area contributed by atoms with E-state index < -0.39 is 0 Å². The van der Waals surface area contributed by atoms with Gasteiger partial charge in [0, 0.05) is 18.8 Å². The SMILES string of the molecule is CCN(CC)C(=O)C(C)Nc1cc(C)cc(F)c1. The van der Waals surface area contributed by atoms with E-state index in [9.17, 15) is 9.18 Å². The molecule has 1 unspecified atom stereocenters. The van der Waals surface area contributed by atoms with Gasteiger partial charge in [0.25, 0.3) is 0 Å². The van der Waals surface area contributed by atoms with E-state index >= 15 is 0 Å². The second-order valence-electron chi connectivity index (χ2n) is 4.39. The Hall–Kier alpha value is -1.58. The third kappa shape index (κ3) is 3.72. The molecular formula is C14H21FN2O. The van der Waals surface area contributed by atoms with E-state index in [-0.39, 0.29) is 17.8 Å². The van der Waals surface area contributed by atoms with Crippen LogP contribution in [0.15, 0.2) is 18.2 Å². The van der Waals surface area contributed by atoms with E-state index in [4.69, 9.17) is 0 Å². The molecule has 0 fully saturated rings. The fraction of sp³-hybridized carbons (Fsp3) is 0.500.